The molecule has 1 amide bonds. The maximum absolute atomic E-state index is 11.7. The quantitative estimate of drug-likeness (QED) is 0.539. The maximum atomic E-state index is 11.7. The highest BCUT2D eigenvalue weighted by Crippen LogP contribution is 2.27. The molecule has 0 spiro atoms. The lowest BCUT2D eigenvalue weighted by Crippen LogP contribution is -2.13. The summed E-state index contributed by atoms with van der Waals surface area (Å²) in [6, 6.07) is 5.07. The monoisotopic (exact) mass is 488 g/mol. The molecule has 0 saturated carbocycles. The second kappa shape index (κ2) is 7.80. The fourth-order valence-corrected chi connectivity index (χ4v) is 2.66. The van der Waals surface area contributed by atoms with Crippen LogP contribution in [0.3, 0.4) is 0 Å². The molecule has 2 rings (SSSR count). The average molecular weight is 491 g/mol. The van der Waals surface area contributed by atoms with Gasteiger partial charge in [-0.25, -0.2) is 0 Å². The first-order chi connectivity index (χ1) is 10.5. The van der Waals surface area contributed by atoms with E-state index in [-0.39, 0.29) is 11.7 Å². The van der Waals surface area contributed by atoms with Gasteiger partial charge in [0.1, 0.15) is 5.75 Å². The Morgan fingerprint density at radius 1 is 1.18 bits per heavy atom. The second-order valence-electron chi connectivity index (χ2n) is 4.25. The Hall–Kier alpha value is -1.31. The molecule has 0 aliphatic rings. The normalized spacial score (nSPS) is 11.4. The van der Waals surface area contributed by atoms with Crippen molar-refractivity contribution in [2.24, 2.45) is 0 Å². The van der Waals surface area contributed by atoms with Crippen LogP contribution < -0.4 is 5.32 Å². The van der Waals surface area contributed by atoms with Gasteiger partial charge in [0.25, 0.3) is 0 Å². The Balaban J connectivity index is 1.93. The number of carbonyl (C=O) groups excluding carboxylic acids is 1. The molecule has 4 nitrogen and oxygen atoms in total. The number of hydrogen-bond acceptors (Lipinski definition) is 2. The highest BCUT2D eigenvalue weighted by Gasteiger charge is 2.03. The Bertz CT molecular complexity index is 751. The second-order valence-corrected chi connectivity index (χ2v) is 6.75. The van der Waals surface area contributed by atoms with Gasteiger partial charge in [0.05, 0.1) is 14.6 Å². The van der Waals surface area contributed by atoms with Crippen molar-refractivity contribution in [3.8, 4) is 5.75 Å². The zero-order valence-corrected chi connectivity index (χ0v) is 15.9. The first-order valence-electron chi connectivity index (χ1n) is 6.13. The van der Waals surface area contributed by atoms with Gasteiger partial charge < -0.3 is 15.4 Å². The molecule has 0 atom stereocenters. The van der Waals surface area contributed by atoms with Crippen LogP contribution in [0.2, 0.25) is 0 Å². The standard InChI is InChI=1S/C15H11Br3N2O2/c16-10-7-9(1-3-13(10)21)5-6-19-14(22)4-2-12-15(18)11(17)8-20-12/h1-8,20-21H,(H,19,22)/b4-2+,6-5+. The highest BCUT2D eigenvalue weighted by molar-refractivity contribution is 9.13. The van der Waals surface area contributed by atoms with Gasteiger partial charge in [0.2, 0.25) is 5.91 Å². The van der Waals surface area contributed by atoms with E-state index in [0.717, 1.165) is 20.2 Å². The number of aromatic amines is 1. The molecule has 1 aromatic heterocycles. The summed E-state index contributed by atoms with van der Waals surface area (Å²) < 4.78 is 2.36. The zero-order chi connectivity index (χ0) is 16.1. The predicted octanol–water partition coefficient (Wildman–Crippen LogP) is 4.81. The number of phenolic OH excluding ortho intramolecular Hbond substituents is 1. The first-order valence-corrected chi connectivity index (χ1v) is 8.51. The SMILES string of the molecule is O=C(/C=C/c1[nH]cc(Br)c1Br)N/C=C/c1ccc(O)c(Br)c1. The summed E-state index contributed by atoms with van der Waals surface area (Å²) in [5, 5.41) is 12.0. The molecule has 0 fully saturated rings. The van der Waals surface area contributed by atoms with Gasteiger partial charge in [-0.1, -0.05) is 6.07 Å². The number of aromatic hydroxyl groups is 1. The van der Waals surface area contributed by atoms with Crippen molar-refractivity contribution in [3.63, 3.8) is 0 Å². The van der Waals surface area contributed by atoms with Crippen LogP contribution in [-0.4, -0.2) is 16.0 Å². The topological polar surface area (TPSA) is 65.1 Å². The van der Waals surface area contributed by atoms with E-state index < -0.39 is 0 Å². The number of hydrogen-bond donors (Lipinski definition) is 3. The lowest BCUT2D eigenvalue weighted by Gasteiger charge is -1.98. The van der Waals surface area contributed by atoms with Crippen molar-refractivity contribution in [3.05, 3.63) is 61.3 Å². The molecule has 0 aliphatic heterocycles. The van der Waals surface area contributed by atoms with E-state index in [9.17, 15) is 9.90 Å². The van der Waals surface area contributed by atoms with Crippen molar-refractivity contribution in [1.29, 1.82) is 0 Å². The van der Waals surface area contributed by atoms with Crippen molar-refractivity contribution in [2.75, 3.05) is 0 Å². The lowest BCUT2D eigenvalue weighted by molar-refractivity contribution is -0.115. The average Bonchev–Trinajstić information content (AvgIpc) is 2.80. The molecular weight excluding hydrogens is 480 g/mol. The Kier molecular flexibility index (Phi) is 6.05. The molecule has 0 aliphatic carbocycles. The van der Waals surface area contributed by atoms with Crippen molar-refractivity contribution < 1.29 is 9.90 Å². The van der Waals surface area contributed by atoms with E-state index in [0.29, 0.717) is 4.47 Å². The number of carbonyl (C=O) groups is 1. The number of rotatable bonds is 4. The van der Waals surface area contributed by atoms with Crippen LogP contribution in [0.25, 0.3) is 12.2 Å². The van der Waals surface area contributed by atoms with Gasteiger partial charge >= 0.3 is 0 Å². The summed E-state index contributed by atoms with van der Waals surface area (Å²) >= 11 is 9.98. The van der Waals surface area contributed by atoms with E-state index >= 15 is 0 Å². The van der Waals surface area contributed by atoms with Gasteiger partial charge in [-0.3, -0.25) is 4.79 Å². The van der Waals surface area contributed by atoms with Gasteiger partial charge in [-0.2, -0.15) is 0 Å². The number of phenols is 1. The molecule has 1 aromatic carbocycles. The molecule has 0 unspecified atom stereocenters. The fourth-order valence-electron chi connectivity index (χ4n) is 1.57. The third-order valence-corrected chi connectivity index (χ3v) is 5.32. The predicted molar refractivity (Wildman–Crippen MR) is 98.2 cm³/mol. The molecule has 2 aromatic rings. The largest absolute Gasteiger partial charge is 0.507 e. The number of halogens is 3. The minimum Gasteiger partial charge on any atom is -0.507 e. The summed E-state index contributed by atoms with van der Waals surface area (Å²) in [5.41, 5.74) is 1.65. The molecule has 22 heavy (non-hydrogen) atoms. The smallest absolute Gasteiger partial charge is 0.247 e. The van der Waals surface area contributed by atoms with E-state index in [4.69, 9.17) is 0 Å². The lowest BCUT2D eigenvalue weighted by atomic mass is 10.2. The zero-order valence-electron chi connectivity index (χ0n) is 11.1. The number of aromatic nitrogens is 1. The van der Waals surface area contributed by atoms with E-state index in [1.165, 1.54) is 6.08 Å². The summed E-state index contributed by atoms with van der Waals surface area (Å²) in [7, 11) is 0. The van der Waals surface area contributed by atoms with Crippen molar-refractivity contribution in [2.45, 2.75) is 0 Å². The van der Waals surface area contributed by atoms with E-state index in [2.05, 4.69) is 58.1 Å². The Morgan fingerprint density at radius 2 is 1.95 bits per heavy atom. The third kappa shape index (κ3) is 4.59. The maximum Gasteiger partial charge on any atom is 0.247 e. The molecule has 7 heteroatoms. The van der Waals surface area contributed by atoms with E-state index in [1.54, 1.807) is 42.7 Å². The molecule has 114 valence electrons. The summed E-state index contributed by atoms with van der Waals surface area (Å²) in [5.74, 6) is -0.0708. The molecule has 0 radical (unpaired) electrons. The first kappa shape index (κ1) is 17.1. The van der Waals surface area contributed by atoms with Gasteiger partial charge in [-0.15, -0.1) is 0 Å². The van der Waals surface area contributed by atoms with Crippen LogP contribution in [0.4, 0.5) is 0 Å². The third-order valence-electron chi connectivity index (χ3n) is 2.68. The van der Waals surface area contributed by atoms with Crippen molar-refractivity contribution >= 4 is 65.8 Å². The van der Waals surface area contributed by atoms with Crippen LogP contribution >= 0.6 is 47.8 Å². The van der Waals surface area contributed by atoms with Crippen LogP contribution in [0.5, 0.6) is 5.75 Å². The van der Waals surface area contributed by atoms with Crippen LogP contribution in [0.15, 0.2) is 50.1 Å². The van der Waals surface area contributed by atoms with Gasteiger partial charge in [-0.05, 0) is 77.6 Å². The minimum atomic E-state index is -0.244. The summed E-state index contributed by atoms with van der Waals surface area (Å²) in [6.45, 7) is 0. The molecule has 0 bridgehead atoms. The van der Waals surface area contributed by atoms with E-state index in [1.807, 2.05) is 0 Å². The summed E-state index contributed by atoms with van der Waals surface area (Å²) in [4.78, 5) is 14.7. The summed E-state index contributed by atoms with van der Waals surface area (Å²) in [6.07, 6.45) is 8.17. The van der Waals surface area contributed by atoms with Crippen molar-refractivity contribution in [1.82, 2.24) is 10.3 Å². The molecule has 0 saturated heterocycles. The van der Waals surface area contributed by atoms with Gasteiger partial charge in [0.15, 0.2) is 0 Å². The van der Waals surface area contributed by atoms with Crippen LogP contribution in [0.1, 0.15) is 11.3 Å². The Morgan fingerprint density at radius 3 is 2.59 bits per heavy atom. The Labute approximate surface area is 152 Å². The molecule has 3 N–H and O–H groups in total. The molecule has 1 heterocycles. The molecular formula is C15H11Br3N2O2. The number of amides is 1. The fraction of sp³-hybridized carbons (Fsp3) is 0. The number of benzene rings is 1. The van der Waals surface area contributed by atoms with Gasteiger partial charge in [0, 0.05) is 22.9 Å². The highest BCUT2D eigenvalue weighted by atomic mass is 79.9. The number of nitrogens with one attached hydrogen (secondary N) is 2. The number of H-pyrrole nitrogens is 1. The minimum absolute atomic E-state index is 0.173. The van der Waals surface area contributed by atoms with Crippen LogP contribution in [-0.2, 0) is 4.79 Å². The van der Waals surface area contributed by atoms with Crippen LogP contribution in [0, 0.1) is 0 Å².